The second-order valence-electron chi connectivity index (χ2n) is 3.77. The van der Waals surface area contributed by atoms with Gasteiger partial charge in [0.25, 0.3) is 0 Å². The van der Waals surface area contributed by atoms with Crippen molar-refractivity contribution in [1.82, 2.24) is 0 Å². The standard InChI is InChI=1S/C8H10OS3/c9-5(10)7(1-2-7)8(3-4-8)6(11)12/h1-4H2,(H,9,10)(H,11,12). The number of carbonyl (C=O) groups is 1. The van der Waals surface area contributed by atoms with Gasteiger partial charge in [-0.25, -0.2) is 0 Å². The van der Waals surface area contributed by atoms with Crippen molar-refractivity contribution in [2.75, 3.05) is 0 Å². The zero-order valence-electron chi connectivity index (χ0n) is 6.54. The summed E-state index contributed by atoms with van der Waals surface area (Å²) in [5, 5.41) is 0.0106. The van der Waals surface area contributed by atoms with Gasteiger partial charge >= 0.3 is 0 Å². The molecule has 4 heteroatoms. The lowest BCUT2D eigenvalue weighted by atomic mass is 9.88. The molecule has 0 radical (unpaired) electrons. The Morgan fingerprint density at radius 3 is 1.58 bits per heavy atom. The van der Waals surface area contributed by atoms with Crippen LogP contribution in [0.15, 0.2) is 0 Å². The van der Waals surface area contributed by atoms with Crippen molar-refractivity contribution in [2.45, 2.75) is 25.7 Å². The molecule has 2 aliphatic rings. The number of hydrogen-bond acceptors (Lipinski definition) is 2. The molecule has 0 aliphatic heterocycles. The van der Waals surface area contributed by atoms with Gasteiger partial charge in [0.2, 0.25) is 0 Å². The van der Waals surface area contributed by atoms with Crippen LogP contribution >= 0.6 is 37.5 Å². The van der Waals surface area contributed by atoms with Crippen LogP contribution in [0.4, 0.5) is 0 Å². The summed E-state index contributed by atoms with van der Waals surface area (Å²) in [5.41, 5.74) is -0.265. The van der Waals surface area contributed by atoms with Gasteiger partial charge in [-0.05, 0) is 25.7 Å². The highest BCUT2D eigenvalue weighted by Gasteiger charge is 2.69. The van der Waals surface area contributed by atoms with Crippen molar-refractivity contribution in [3.8, 4) is 0 Å². The van der Waals surface area contributed by atoms with Gasteiger partial charge in [-0.3, -0.25) is 4.79 Å². The minimum absolute atomic E-state index is 0.0106. The van der Waals surface area contributed by atoms with Crippen LogP contribution in [0.2, 0.25) is 0 Å². The summed E-state index contributed by atoms with van der Waals surface area (Å²) in [6.07, 6.45) is 3.97. The minimum atomic E-state index is -0.213. The Morgan fingerprint density at radius 1 is 1.08 bits per heavy atom. The molecule has 12 heavy (non-hydrogen) atoms. The summed E-state index contributed by atoms with van der Waals surface area (Å²) >= 11 is 13.2. The van der Waals surface area contributed by atoms with Gasteiger partial charge in [-0.15, -0.1) is 25.3 Å². The quantitative estimate of drug-likeness (QED) is 0.559. The van der Waals surface area contributed by atoms with Crippen LogP contribution < -0.4 is 0 Å². The van der Waals surface area contributed by atoms with Gasteiger partial charge in [-0.1, -0.05) is 12.2 Å². The van der Waals surface area contributed by atoms with E-state index in [-0.39, 0.29) is 15.9 Å². The Kier molecular flexibility index (Phi) is 1.87. The number of rotatable bonds is 3. The van der Waals surface area contributed by atoms with Crippen LogP contribution in [-0.2, 0) is 4.79 Å². The van der Waals surface area contributed by atoms with Gasteiger partial charge in [0, 0.05) is 5.41 Å². The SMILES string of the molecule is O=C(S)C1(C2(C(=S)S)CC2)CC1. The Labute approximate surface area is 88.1 Å². The van der Waals surface area contributed by atoms with E-state index in [4.69, 9.17) is 12.2 Å². The van der Waals surface area contributed by atoms with E-state index in [0.717, 1.165) is 25.7 Å². The summed E-state index contributed by atoms with van der Waals surface area (Å²) in [4.78, 5) is 11.3. The van der Waals surface area contributed by atoms with Gasteiger partial charge in [0.05, 0.1) is 9.61 Å². The van der Waals surface area contributed by atoms with Crippen LogP contribution in [0, 0.1) is 10.8 Å². The van der Waals surface area contributed by atoms with Gasteiger partial charge in [-0.2, -0.15) is 0 Å². The molecule has 0 aromatic heterocycles. The molecule has 2 fully saturated rings. The fourth-order valence-electron chi connectivity index (χ4n) is 2.04. The fraction of sp³-hybridized carbons (Fsp3) is 0.750. The second-order valence-corrected chi connectivity index (χ2v) is 5.34. The monoisotopic (exact) mass is 218 g/mol. The smallest absolute Gasteiger partial charge is 0.193 e. The first kappa shape index (κ1) is 9.03. The van der Waals surface area contributed by atoms with Crippen LogP contribution in [0.1, 0.15) is 25.7 Å². The number of hydrogen-bond donors (Lipinski definition) is 2. The second kappa shape index (κ2) is 2.49. The first-order valence-electron chi connectivity index (χ1n) is 4.02. The molecule has 2 saturated carbocycles. The molecule has 0 saturated heterocycles. The summed E-state index contributed by atoms with van der Waals surface area (Å²) in [7, 11) is 0. The van der Waals surface area contributed by atoms with Gasteiger partial charge in [0.1, 0.15) is 0 Å². The maximum Gasteiger partial charge on any atom is 0.193 e. The van der Waals surface area contributed by atoms with E-state index < -0.39 is 0 Å². The lowest BCUT2D eigenvalue weighted by molar-refractivity contribution is -0.116. The van der Waals surface area contributed by atoms with E-state index in [1.807, 2.05) is 0 Å². The van der Waals surface area contributed by atoms with E-state index in [1.165, 1.54) is 0 Å². The summed E-state index contributed by atoms with van der Waals surface area (Å²) in [6, 6.07) is 0. The molecule has 66 valence electrons. The van der Waals surface area contributed by atoms with Crippen LogP contribution in [0.5, 0.6) is 0 Å². The maximum absolute atomic E-state index is 11.3. The molecule has 0 spiro atoms. The first-order chi connectivity index (χ1) is 5.55. The van der Waals surface area contributed by atoms with E-state index in [2.05, 4.69) is 25.3 Å². The fourth-order valence-corrected chi connectivity index (χ4v) is 3.32. The van der Waals surface area contributed by atoms with Gasteiger partial charge in [0.15, 0.2) is 5.12 Å². The first-order valence-corrected chi connectivity index (χ1v) is 5.32. The van der Waals surface area contributed by atoms with Crippen LogP contribution in [0.25, 0.3) is 0 Å². The van der Waals surface area contributed by atoms with Crippen molar-refractivity contribution in [3.63, 3.8) is 0 Å². The molecule has 0 heterocycles. The normalized spacial score (nSPS) is 27.8. The van der Waals surface area contributed by atoms with Crippen molar-refractivity contribution >= 4 is 46.8 Å². The van der Waals surface area contributed by atoms with Crippen LogP contribution in [-0.4, -0.2) is 9.31 Å². The summed E-state index contributed by atoms with van der Waals surface area (Å²) in [6.45, 7) is 0. The third-order valence-corrected chi connectivity index (χ3v) is 4.48. The minimum Gasteiger partial charge on any atom is -0.287 e. The Bertz CT molecular complexity index is 235. The third-order valence-electron chi connectivity index (χ3n) is 3.23. The molecular weight excluding hydrogens is 208 g/mol. The summed E-state index contributed by atoms with van der Waals surface area (Å²) < 4.78 is 0.711. The van der Waals surface area contributed by atoms with Gasteiger partial charge < -0.3 is 0 Å². The molecule has 0 amide bonds. The number of thiol groups is 2. The predicted molar refractivity (Wildman–Crippen MR) is 58.9 cm³/mol. The van der Waals surface area contributed by atoms with E-state index in [1.54, 1.807) is 0 Å². The highest BCUT2D eigenvalue weighted by atomic mass is 32.1. The maximum atomic E-state index is 11.3. The molecule has 1 nitrogen and oxygen atoms in total. The average molecular weight is 218 g/mol. The van der Waals surface area contributed by atoms with Crippen molar-refractivity contribution in [1.29, 1.82) is 0 Å². The molecule has 0 bridgehead atoms. The Balaban J connectivity index is 2.30. The van der Waals surface area contributed by atoms with Crippen molar-refractivity contribution in [3.05, 3.63) is 0 Å². The molecular formula is C8H10OS3. The Morgan fingerprint density at radius 2 is 1.50 bits per heavy atom. The van der Waals surface area contributed by atoms with Crippen molar-refractivity contribution < 1.29 is 4.79 Å². The highest BCUT2D eigenvalue weighted by molar-refractivity contribution is 8.11. The molecule has 2 aliphatic carbocycles. The van der Waals surface area contributed by atoms with Crippen molar-refractivity contribution in [2.24, 2.45) is 10.8 Å². The highest BCUT2D eigenvalue weighted by Crippen LogP contribution is 2.72. The lowest BCUT2D eigenvalue weighted by Gasteiger charge is -2.21. The average Bonchev–Trinajstić information content (AvgIpc) is 2.83. The third kappa shape index (κ3) is 0.946. The van der Waals surface area contributed by atoms with E-state index in [9.17, 15) is 4.79 Å². The topological polar surface area (TPSA) is 17.1 Å². The zero-order chi connectivity index (χ0) is 8.98. The molecule has 0 unspecified atom stereocenters. The van der Waals surface area contributed by atoms with E-state index in [0.29, 0.717) is 4.20 Å². The zero-order valence-corrected chi connectivity index (χ0v) is 9.14. The molecule has 0 N–H and O–H groups in total. The molecule has 0 aromatic rings. The predicted octanol–water partition coefficient (Wildman–Crippen LogP) is 2.26. The number of carbonyl (C=O) groups excluding carboxylic acids is 1. The largest absolute Gasteiger partial charge is 0.287 e. The van der Waals surface area contributed by atoms with E-state index >= 15 is 0 Å². The Hall–Kier alpha value is 0.460. The summed E-state index contributed by atoms with van der Waals surface area (Å²) in [5.74, 6) is 0. The lowest BCUT2D eigenvalue weighted by Crippen LogP contribution is -2.27. The molecule has 2 rings (SSSR count). The number of thiocarbonyl (C=S) groups is 1. The molecule has 0 atom stereocenters. The molecule has 0 aromatic carbocycles. The van der Waals surface area contributed by atoms with Crippen LogP contribution in [0.3, 0.4) is 0 Å².